The summed E-state index contributed by atoms with van der Waals surface area (Å²) in [7, 11) is 1.65. The Labute approximate surface area is 70.5 Å². The molecule has 0 aromatic carbocycles. The van der Waals surface area contributed by atoms with Crippen LogP contribution in [-0.2, 0) is 4.79 Å². The van der Waals surface area contributed by atoms with E-state index in [0.29, 0.717) is 5.92 Å². The molecule has 0 rings (SSSR count). The molecular formula is C7H14BrNO. The van der Waals surface area contributed by atoms with Crippen LogP contribution in [0, 0.1) is 5.92 Å². The number of alkyl halides is 1. The molecule has 0 fully saturated rings. The van der Waals surface area contributed by atoms with Gasteiger partial charge in [-0.3, -0.25) is 4.79 Å². The highest BCUT2D eigenvalue weighted by atomic mass is 79.9. The van der Waals surface area contributed by atoms with E-state index in [4.69, 9.17) is 0 Å². The average Bonchev–Trinajstić information content (AvgIpc) is 1.85. The molecule has 0 heterocycles. The molecule has 0 radical (unpaired) electrons. The Morgan fingerprint density at radius 2 is 2.10 bits per heavy atom. The zero-order valence-electron chi connectivity index (χ0n) is 6.65. The lowest BCUT2D eigenvalue weighted by molar-refractivity contribution is -0.120. The molecule has 0 aromatic rings. The molecule has 2 nitrogen and oxygen atoms in total. The summed E-state index contributed by atoms with van der Waals surface area (Å²) in [5, 5.41) is 2.58. The lowest BCUT2D eigenvalue weighted by Crippen LogP contribution is -2.28. The van der Waals surface area contributed by atoms with Crippen LogP contribution in [0.15, 0.2) is 0 Å². The zero-order valence-corrected chi connectivity index (χ0v) is 8.23. The second-order valence-electron chi connectivity index (χ2n) is 2.71. The largest absolute Gasteiger partial charge is 0.358 e. The van der Waals surface area contributed by atoms with Crippen LogP contribution in [0.1, 0.15) is 20.3 Å². The van der Waals surface area contributed by atoms with Gasteiger partial charge in [0.25, 0.3) is 0 Å². The van der Waals surface area contributed by atoms with Crippen molar-refractivity contribution in [1.82, 2.24) is 5.32 Å². The van der Waals surface area contributed by atoms with Crippen molar-refractivity contribution in [3.63, 3.8) is 0 Å². The third-order valence-corrected chi connectivity index (χ3v) is 2.00. The predicted octanol–water partition coefficient (Wildman–Crippen LogP) is 1.54. The fourth-order valence-electron chi connectivity index (χ4n) is 0.678. The van der Waals surface area contributed by atoms with Crippen LogP contribution in [0.25, 0.3) is 0 Å². The van der Waals surface area contributed by atoms with Gasteiger partial charge in [-0.05, 0) is 12.3 Å². The Bertz CT molecular complexity index is 114. The lowest BCUT2D eigenvalue weighted by Gasteiger charge is -2.09. The van der Waals surface area contributed by atoms with Crippen molar-refractivity contribution in [1.29, 1.82) is 0 Å². The number of carbonyl (C=O) groups excluding carboxylic acids is 1. The van der Waals surface area contributed by atoms with Crippen molar-refractivity contribution < 1.29 is 4.79 Å². The van der Waals surface area contributed by atoms with Gasteiger partial charge in [0.15, 0.2) is 0 Å². The van der Waals surface area contributed by atoms with Crippen LogP contribution >= 0.6 is 15.9 Å². The highest BCUT2D eigenvalue weighted by molar-refractivity contribution is 9.10. The van der Waals surface area contributed by atoms with Crippen LogP contribution < -0.4 is 5.32 Å². The van der Waals surface area contributed by atoms with Crippen molar-refractivity contribution in [2.75, 3.05) is 7.05 Å². The van der Waals surface area contributed by atoms with E-state index in [0.717, 1.165) is 6.42 Å². The summed E-state index contributed by atoms with van der Waals surface area (Å²) >= 11 is 3.29. The third kappa shape index (κ3) is 3.88. The summed E-state index contributed by atoms with van der Waals surface area (Å²) in [6.45, 7) is 4.19. The highest BCUT2D eigenvalue weighted by Crippen LogP contribution is 2.11. The third-order valence-electron chi connectivity index (χ3n) is 1.21. The number of rotatable bonds is 3. The highest BCUT2D eigenvalue weighted by Gasteiger charge is 2.13. The van der Waals surface area contributed by atoms with E-state index < -0.39 is 0 Å². The van der Waals surface area contributed by atoms with E-state index in [2.05, 4.69) is 35.1 Å². The second-order valence-corrected chi connectivity index (χ2v) is 3.82. The van der Waals surface area contributed by atoms with Gasteiger partial charge in [-0.1, -0.05) is 29.8 Å². The maximum absolute atomic E-state index is 10.9. The molecular weight excluding hydrogens is 194 g/mol. The van der Waals surface area contributed by atoms with Crippen molar-refractivity contribution >= 4 is 21.8 Å². The van der Waals surface area contributed by atoms with Gasteiger partial charge < -0.3 is 5.32 Å². The Balaban J connectivity index is 3.61. The summed E-state index contributed by atoms with van der Waals surface area (Å²) in [4.78, 5) is 10.9. The molecule has 0 aliphatic heterocycles. The van der Waals surface area contributed by atoms with Gasteiger partial charge in [-0.2, -0.15) is 0 Å². The normalized spacial score (nSPS) is 13.3. The van der Waals surface area contributed by atoms with Gasteiger partial charge in [0, 0.05) is 7.05 Å². The average molecular weight is 208 g/mol. The van der Waals surface area contributed by atoms with E-state index in [-0.39, 0.29) is 10.7 Å². The molecule has 0 aliphatic rings. The molecule has 3 heteroatoms. The maximum atomic E-state index is 10.9. The molecule has 0 aliphatic carbocycles. The summed E-state index contributed by atoms with van der Waals surface area (Å²) in [6.07, 6.45) is 0.889. The molecule has 0 aromatic heterocycles. The lowest BCUT2D eigenvalue weighted by atomic mass is 10.1. The number of nitrogens with one attached hydrogen (secondary N) is 1. The summed E-state index contributed by atoms with van der Waals surface area (Å²) < 4.78 is 0. The quantitative estimate of drug-likeness (QED) is 0.700. The molecule has 10 heavy (non-hydrogen) atoms. The Kier molecular flexibility index (Phi) is 4.69. The van der Waals surface area contributed by atoms with Crippen LogP contribution in [0.5, 0.6) is 0 Å². The van der Waals surface area contributed by atoms with E-state index >= 15 is 0 Å². The molecule has 0 saturated carbocycles. The Morgan fingerprint density at radius 1 is 1.60 bits per heavy atom. The van der Waals surface area contributed by atoms with E-state index in [1.165, 1.54) is 0 Å². The molecule has 0 bridgehead atoms. The number of amides is 1. The van der Waals surface area contributed by atoms with Crippen molar-refractivity contribution in [2.24, 2.45) is 5.92 Å². The first-order valence-corrected chi connectivity index (χ1v) is 4.35. The predicted molar refractivity (Wildman–Crippen MR) is 46.2 cm³/mol. The first kappa shape index (κ1) is 9.95. The summed E-state index contributed by atoms with van der Waals surface area (Å²) in [6, 6.07) is 0. The van der Waals surface area contributed by atoms with Crippen LogP contribution in [-0.4, -0.2) is 17.8 Å². The minimum atomic E-state index is -0.0301. The van der Waals surface area contributed by atoms with Crippen molar-refractivity contribution in [3.8, 4) is 0 Å². The molecule has 60 valence electrons. The van der Waals surface area contributed by atoms with Crippen LogP contribution in [0.3, 0.4) is 0 Å². The van der Waals surface area contributed by atoms with Crippen molar-refractivity contribution in [2.45, 2.75) is 25.1 Å². The first-order valence-electron chi connectivity index (χ1n) is 3.43. The van der Waals surface area contributed by atoms with Gasteiger partial charge in [-0.15, -0.1) is 0 Å². The number of halogens is 1. The van der Waals surface area contributed by atoms with Gasteiger partial charge >= 0.3 is 0 Å². The molecule has 0 spiro atoms. The van der Waals surface area contributed by atoms with Crippen LogP contribution in [0.2, 0.25) is 0 Å². The standard InChI is InChI=1S/C7H14BrNO/c1-5(2)4-6(8)7(10)9-3/h5-6H,4H2,1-3H3,(H,9,10)/t6-/m0/s1. The van der Waals surface area contributed by atoms with Gasteiger partial charge in [0.1, 0.15) is 0 Å². The SMILES string of the molecule is CNC(=O)[C@@H](Br)CC(C)C. The topological polar surface area (TPSA) is 29.1 Å². The Hall–Kier alpha value is -0.0500. The summed E-state index contributed by atoms with van der Waals surface area (Å²) in [5.41, 5.74) is 0. The minimum Gasteiger partial charge on any atom is -0.358 e. The molecule has 1 amide bonds. The zero-order chi connectivity index (χ0) is 8.15. The van der Waals surface area contributed by atoms with Crippen LogP contribution in [0.4, 0.5) is 0 Å². The second kappa shape index (κ2) is 4.72. The first-order chi connectivity index (χ1) is 4.57. The smallest absolute Gasteiger partial charge is 0.233 e. The van der Waals surface area contributed by atoms with E-state index in [9.17, 15) is 4.79 Å². The molecule has 0 unspecified atom stereocenters. The number of carbonyl (C=O) groups is 1. The minimum absolute atomic E-state index is 0.0301. The number of hydrogen-bond donors (Lipinski definition) is 1. The summed E-state index contributed by atoms with van der Waals surface area (Å²) in [5.74, 6) is 0.621. The fraction of sp³-hybridized carbons (Fsp3) is 0.857. The molecule has 1 atom stereocenters. The molecule has 1 N–H and O–H groups in total. The van der Waals surface area contributed by atoms with E-state index in [1.54, 1.807) is 7.05 Å². The maximum Gasteiger partial charge on any atom is 0.233 e. The Morgan fingerprint density at radius 3 is 2.40 bits per heavy atom. The monoisotopic (exact) mass is 207 g/mol. The fourth-order valence-corrected chi connectivity index (χ4v) is 1.65. The van der Waals surface area contributed by atoms with Gasteiger partial charge in [0.05, 0.1) is 4.83 Å². The van der Waals surface area contributed by atoms with Gasteiger partial charge in [-0.25, -0.2) is 0 Å². The van der Waals surface area contributed by atoms with E-state index in [1.807, 2.05) is 0 Å². The molecule has 0 saturated heterocycles. The van der Waals surface area contributed by atoms with Gasteiger partial charge in [0.2, 0.25) is 5.91 Å². The van der Waals surface area contributed by atoms with Crippen molar-refractivity contribution in [3.05, 3.63) is 0 Å². The number of hydrogen-bond acceptors (Lipinski definition) is 1.